The van der Waals surface area contributed by atoms with Crippen molar-refractivity contribution in [2.45, 2.75) is 31.7 Å². The van der Waals surface area contributed by atoms with Gasteiger partial charge in [0.2, 0.25) is 0 Å². The Morgan fingerprint density at radius 1 is 1.13 bits per heavy atom. The Kier molecular flexibility index (Phi) is 6.31. The molecule has 2 aromatic carbocycles. The van der Waals surface area contributed by atoms with Gasteiger partial charge in [0.05, 0.1) is 12.7 Å². The number of carbonyl (C=O) groups is 1. The van der Waals surface area contributed by atoms with E-state index in [0.29, 0.717) is 13.0 Å². The number of aromatic nitrogens is 1. The number of carboxylic acid groups (broad SMARTS) is 1. The second-order valence-electron chi connectivity index (χ2n) is 7.74. The van der Waals surface area contributed by atoms with Gasteiger partial charge in [-0.2, -0.15) is 0 Å². The number of aryl methyl sites for hydroxylation is 1. The molecule has 0 saturated carbocycles. The molecule has 1 N–H and O–H groups in total. The highest BCUT2D eigenvalue weighted by molar-refractivity contribution is 5.84. The van der Waals surface area contributed by atoms with E-state index in [4.69, 9.17) is 14.6 Å². The first kappa shape index (κ1) is 20.4. The van der Waals surface area contributed by atoms with Gasteiger partial charge in [-0.25, -0.2) is 0 Å². The minimum absolute atomic E-state index is 0.0898. The van der Waals surface area contributed by atoms with Crippen molar-refractivity contribution in [1.29, 1.82) is 0 Å². The number of hydrogen-bond donors (Lipinski definition) is 1. The predicted molar refractivity (Wildman–Crippen MR) is 116 cm³/mol. The number of carboxylic acids is 1. The molecule has 3 aromatic rings. The lowest BCUT2D eigenvalue weighted by atomic mass is 9.92. The van der Waals surface area contributed by atoms with E-state index in [1.54, 1.807) is 0 Å². The fourth-order valence-corrected chi connectivity index (χ4v) is 4.09. The van der Waals surface area contributed by atoms with E-state index < -0.39 is 12.3 Å². The van der Waals surface area contributed by atoms with Gasteiger partial charge in [0, 0.05) is 42.0 Å². The number of benzene rings is 2. The number of aliphatic carboxylic acids is 1. The van der Waals surface area contributed by atoms with Gasteiger partial charge in [-0.1, -0.05) is 60.7 Å². The smallest absolute Gasteiger partial charge is 0.303 e. The first-order valence-electron chi connectivity index (χ1n) is 10.4. The van der Waals surface area contributed by atoms with Crippen molar-refractivity contribution in [2.75, 3.05) is 6.61 Å². The number of fused-ring (bicyclic) bond motifs is 1. The van der Waals surface area contributed by atoms with Gasteiger partial charge < -0.3 is 19.1 Å². The highest BCUT2D eigenvalue weighted by Gasteiger charge is 2.34. The van der Waals surface area contributed by atoms with Crippen LogP contribution in [0, 0.1) is 5.92 Å². The van der Waals surface area contributed by atoms with E-state index >= 15 is 0 Å². The summed E-state index contributed by atoms with van der Waals surface area (Å²) in [5.41, 5.74) is 3.33. The Hall–Kier alpha value is -2.89. The normalized spacial score (nSPS) is 22.0. The molecule has 4 rings (SSSR count). The van der Waals surface area contributed by atoms with Crippen LogP contribution in [0.15, 0.2) is 72.9 Å². The maximum atomic E-state index is 10.7. The molecule has 1 aliphatic heterocycles. The Balaban J connectivity index is 1.54. The summed E-state index contributed by atoms with van der Waals surface area (Å²) in [6, 6.07) is 18.5. The quantitative estimate of drug-likeness (QED) is 0.535. The van der Waals surface area contributed by atoms with Gasteiger partial charge in [-0.3, -0.25) is 4.79 Å². The van der Waals surface area contributed by atoms with E-state index in [1.165, 1.54) is 0 Å². The summed E-state index contributed by atoms with van der Waals surface area (Å²) in [6.07, 6.45) is 7.03. The van der Waals surface area contributed by atoms with Crippen LogP contribution in [0.25, 0.3) is 10.9 Å². The van der Waals surface area contributed by atoms with Gasteiger partial charge in [0.25, 0.3) is 0 Å². The Bertz CT molecular complexity index is 1020. The molecule has 156 valence electrons. The fourth-order valence-electron chi connectivity index (χ4n) is 4.09. The van der Waals surface area contributed by atoms with Gasteiger partial charge >= 0.3 is 5.97 Å². The lowest BCUT2D eigenvalue weighted by molar-refractivity contribution is -0.243. The fraction of sp³-hybridized carbons (Fsp3) is 0.320. The largest absolute Gasteiger partial charge is 0.481 e. The molecular weight excluding hydrogens is 378 g/mol. The molecule has 0 radical (unpaired) electrons. The predicted octanol–water partition coefficient (Wildman–Crippen LogP) is 5.39. The zero-order valence-corrected chi connectivity index (χ0v) is 17.1. The standard InChI is InChI=1S/C25H27NO4/c1-26-16-21(20-13-8-9-14-22(20)26)25-29-17-19(12-6-3-7-15-23(27)28)24(30-25)18-10-4-2-5-11-18/h2-6,8-11,13-14,16,19,24-25H,7,12,15,17H2,1H3,(H,27,28)/b6-3-. The van der Waals surface area contributed by atoms with Crippen molar-refractivity contribution in [3.05, 3.63) is 84.1 Å². The third-order valence-corrected chi connectivity index (χ3v) is 5.60. The Morgan fingerprint density at radius 2 is 1.90 bits per heavy atom. The molecule has 5 nitrogen and oxygen atoms in total. The SMILES string of the molecule is Cn1cc(C2OCC(C/C=C\CCC(=O)O)C(c3ccccc3)O2)c2ccccc21. The Labute approximate surface area is 176 Å². The average Bonchev–Trinajstić information content (AvgIpc) is 3.11. The van der Waals surface area contributed by atoms with Crippen molar-refractivity contribution in [1.82, 2.24) is 4.57 Å². The van der Waals surface area contributed by atoms with Gasteiger partial charge in [-0.15, -0.1) is 0 Å². The van der Waals surface area contributed by atoms with Crippen LogP contribution < -0.4 is 0 Å². The summed E-state index contributed by atoms with van der Waals surface area (Å²) in [5, 5.41) is 9.93. The maximum absolute atomic E-state index is 10.7. The molecule has 1 fully saturated rings. The number of rotatable bonds is 7. The highest BCUT2D eigenvalue weighted by Crippen LogP contribution is 2.41. The van der Waals surface area contributed by atoms with Crippen LogP contribution >= 0.6 is 0 Å². The van der Waals surface area contributed by atoms with E-state index in [0.717, 1.165) is 28.5 Å². The van der Waals surface area contributed by atoms with Crippen LogP contribution in [-0.4, -0.2) is 22.2 Å². The summed E-state index contributed by atoms with van der Waals surface area (Å²) < 4.78 is 14.8. The molecular formula is C25H27NO4. The number of ether oxygens (including phenoxy) is 2. The van der Waals surface area contributed by atoms with Gasteiger partial charge in [-0.05, 0) is 24.5 Å². The summed E-state index contributed by atoms with van der Waals surface area (Å²) in [7, 11) is 2.04. The van der Waals surface area contributed by atoms with Crippen LogP contribution in [0.3, 0.4) is 0 Å². The maximum Gasteiger partial charge on any atom is 0.303 e. The number of hydrogen-bond acceptors (Lipinski definition) is 3. The van der Waals surface area contributed by atoms with Crippen LogP contribution in [-0.2, 0) is 21.3 Å². The van der Waals surface area contributed by atoms with Gasteiger partial charge in [0.15, 0.2) is 6.29 Å². The number of allylic oxidation sites excluding steroid dienone is 2. The second kappa shape index (κ2) is 9.28. The lowest BCUT2D eigenvalue weighted by Gasteiger charge is -2.36. The van der Waals surface area contributed by atoms with Crippen LogP contribution in [0.1, 0.15) is 42.8 Å². The molecule has 3 unspecified atom stereocenters. The molecule has 30 heavy (non-hydrogen) atoms. The first-order valence-corrected chi connectivity index (χ1v) is 10.4. The molecule has 0 bridgehead atoms. The van der Waals surface area contributed by atoms with Crippen LogP contribution in [0.4, 0.5) is 0 Å². The Morgan fingerprint density at radius 3 is 2.70 bits per heavy atom. The first-order chi connectivity index (χ1) is 14.6. The number of nitrogens with zero attached hydrogens (tertiary/aromatic N) is 1. The second-order valence-corrected chi connectivity index (χ2v) is 7.74. The minimum atomic E-state index is -0.774. The van der Waals surface area contributed by atoms with Crippen molar-refractivity contribution in [3.63, 3.8) is 0 Å². The minimum Gasteiger partial charge on any atom is -0.481 e. The number of para-hydroxylation sites is 1. The zero-order valence-electron chi connectivity index (χ0n) is 17.1. The summed E-state index contributed by atoms with van der Waals surface area (Å²) >= 11 is 0. The van der Waals surface area contributed by atoms with Crippen LogP contribution in [0.2, 0.25) is 0 Å². The lowest BCUT2D eigenvalue weighted by Crippen LogP contribution is -2.30. The third-order valence-electron chi connectivity index (χ3n) is 5.60. The van der Waals surface area contributed by atoms with E-state index in [9.17, 15) is 4.79 Å². The molecule has 3 atom stereocenters. The van der Waals surface area contributed by atoms with Crippen molar-refractivity contribution in [2.24, 2.45) is 13.0 Å². The average molecular weight is 405 g/mol. The monoisotopic (exact) mass is 405 g/mol. The molecule has 1 aromatic heterocycles. The van der Waals surface area contributed by atoms with Gasteiger partial charge in [0.1, 0.15) is 0 Å². The molecule has 0 amide bonds. The summed E-state index contributed by atoms with van der Waals surface area (Å²) in [6.45, 7) is 0.580. The third kappa shape index (κ3) is 4.48. The summed E-state index contributed by atoms with van der Waals surface area (Å²) in [4.78, 5) is 10.7. The molecule has 0 aliphatic carbocycles. The molecule has 1 saturated heterocycles. The van der Waals surface area contributed by atoms with E-state index in [1.807, 2.05) is 43.5 Å². The highest BCUT2D eigenvalue weighted by atomic mass is 16.7. The van der Waals surface area contributed by atoms with Crippen molar-refractivity contribution >= 4 is 16.9 Å². The van der Waals surface area contributed by atoms with Crippen molar-refractivity contribution < 1.29 is 19.4 Å². The van der Waals surface area contributed by atoms with E-state index in [-0.39, 0.29) is 18.4 Å². The molecule has 1 aliphatic rings. The summed E-state index contributed by atoms with van der Waals surface area (Å²) in [5.74, 6) is -0.608. The zero-order chi connectivity index (χ0) is 20.9. The van der Waals surface area contributed by atoms with E-state index in [2.05, 4.69) is 41.1 Å². The molecule has 5 heteroatoms. The molecule has 0 spiro atoms. The topological polar surface area (TPSA) is 60.7 Å². The van der Waals surface area contributed by atoms with Crippen molar-refractivity contribution in [3.8, 4) is 0 Å². The molecule has 2 heterocycles. The van der Waals surface area contributed by atoms with Crippen LogP contribution in [0.5, 0.6) is 0 Å².